The molecule has 1 saturated heterocycles. The number of aromatic nitrogens is 1. The van der Waals surface area contributed by atoms with Crippen LogP contribution in [0.2, 0.25) is 0 Å². The van der Waals surface area contributed by atoms with E-state index in [0.29, 0.717) is 25.4 Å². The zero-order valence-electron chi connectivity index (χ0n) is 12.7. The van der Waals surface area contributed by atoms with Gasteiger partial charge in [0.2, 0.25) is 11.8 Å². The van der Waals surface area contributed by atoms with Crippen LogP contribution in [0.15, 0.2) is 41.0 Å². The second-order valence-corrected chi connectivity index (χ2v) is 6.51. The van der Waals surface area contributed by atoms with E-state index >= 15 is 0 Å². The fourth-order valence-electron chi connectivity index (χ4n) is 2.59. The predicted octanol–water partition coefficient (Wildman–Crippen LogP) is 3.34. The molecule has 1 aliphatic rings. The Morgan fingerprint density at radius 3 is 2.88 bits per heavy atom. The van der Waals surface area contributed by atoms with E-state index in [9.17, 15) is 13.6 Å². The first-order valence-electron chi connectivity index (χ1n) is 7.51. The molecule has 4 nitrogen and oxygen atoms in total. The molecule has 0 radical (unpaired) electrons. The number of halogens is 3. The molecule has 2 heterocycles. The zero-order valence-corrected chi connectivity index (χ0v) is 14.3. The number of carbonyl (C=O) groups excluding carboxylic acids is 1. The summed E-state index contributed by atoms with van der Waals surface area (Å²) in [6.45, 7) is 0.974. The monoisotopic (exact) mass is 396 g/mol. The van der Waals surface area contributed by atoms with Gasteiger partial charge in [-0.1, -0.05) is 6.07 Å². The van der Waals surface area contributed by atoms with E-state index in [1.807, 2.05) is 6.07 Å². The fourth-order valence-corrected chi connectivity index (χ4v) is 2.83. The van der Waals surface area contributed by atoms with Gasteiger partial charge in [0.15, 0.2) is 0 Å². The molecule has 0 saturated carbocycles. The third-order valence-electron chi connectivity index (χ3n) is 3.84. The third kappa shape index (κ3) is 4.08. The smallest absolute Gasteiger partial charge is 0.227 e. The summed E-state index contributed by atoms with van der Waals surface area (Å²) in [6.07, 6.45) is 2.11. The Balaban J connectivity index is 1.56. The molecule has 1 unspecified atom stereocenters. The number of hydrogen-bond donors (Lipinski definition) is 0. The van der Waals surface area contributed by atoms with Crippen LogP contribution in [0.5, 0.6) is 5.88 Å². The Kier molecular flexibility index (Phi) is 5.08. The lowest BCUT2D eigenvalue weighted by molar-refractivity contribution is -0.129. The second-order valence-electron chi connectivity index (χ2n) is 5.60. The van der Waals surface area contributed by atoms with Crippen LogP contribution in [0.4, 0.5) is 8.78 Å². The third-order valence-corrected chi connectivity index (χ3v) is 4.31. The Labute approximate surface area is 146 Å². The molecule has 1 amide bonds. The van der Waals surface area contributed by atoms with Gasteiger partial charge in [-0.2, -0.15) is 0 Å². The van der Waals surface area contributed by atoms with Crippen molar-refractivity contribution in [2.45, 2.75) is 18.9 Å². The van der Waals surface area contributed by atoms with Crippen LogP contribution in [-0.4, -0.2) is 35.0 Å². The average molecular weight is 397 g/mol. The maximum Gasteiger partial charge on any atom is 0.227 e. The van der Waals surface area contributed by atoms with Gasteiger partial charge in [-0.3, -0.25) is 4.79 Å². The van der Waals surface area contributed by atoms with Crippen LogP contribution in [-0.2, 0) is 11.2 Å². The molecule has 0 aliphatic carbocycles. The topological polar surface area (TPSA) is 42.4 Å². The largest absolute Gasteiger partial charge is 0.472 e. The van der Waals surface area contributed by atoms with Crippen molar-refractivity contribution in [2.75, 3.05) is 13.1 Å². The molecule has 126 valence electrons. The summed E-state index contributed by atoms with van der Waals surface area (Å²) in [5.74, 6) is -1.05. The number of benzene rings is 1. The quantitative estimate of drug-likeness (QED) is 0.795. The van der Waals surface area contributed by atoms with Crippen molar-refractivity contribution in [2.24, 2.45) is 0 Å². The number of rotatable bonds is 4. The van der Waals surface area contributed by atoms with Gasteiger partial charge in [-0.25, -0.2) is 13.8 Å². The van der Waals surface area contributed by atoms with E-state index in [2.05, 4.69) is 20.9 Å². The number of amides is 1. The SMILES string of the molecule is O=C(Cc1ccc(F)cc1F)N1CCC(Oc2ccc(Br)cn2)C1. The summed E-state index contributed by atoms with van der Waals surface area (Å²) in [7, 11) is 0. The molecule has 3 rings (SSSR count). The summed E-state index contributed by atoms with van der Waals surface area (Å²) >= 11 is 3.30. The number of nitrogens with zero attached hydrogens (tertiary/aromatic N) is 2. The van der Waals surface area contributed by atoms with E-state index in [1.54, 1.807) is 17.2 Å². The Morgan fingerprint density at radius 2 is 2.17 bits per heavy atom. The summed E-state index contributed by atoms with van der Waals surface area (Å²) < 4.78 is 33.2. The molecule has 24 heavy (non-hydrogen) atoms. The van der Waals surface area contributed by atoms with Gasteiger partial charge in [0.1, 0.15) is 17.7 Å². The number of pyridine rings is 1. The summed E-state index contributed by atoms with van der Waals surface area (Å²) in [4.78, 5) is 18.1. The van der Waals surface area contributed by atoms with Crippen molar-refractivity contribution in [1.82, 2.24) is 9.88 Å². The van der Waals surface area contributed by atoms with Gasteiger partial charge in [0.05, 0.1) is 13.0 Å². The lowest BCUT2D eigenvalue weighted by Gasteiger charge is -2.17. The minimum Gasteiger partial charge on any atom is -0.472 e. The molecule has 1 aromatic heterocycles. The van der Waals surface area contributed by atoms with Crippen LogP contribution >= 0.6 is 15.9 Å². The zero-order chi connectivity index (χ0) is 17.1. The molecule has 2 aromatic rings. The number of carbonyl (C=O) groups is 1. The van der Waals surface area contributed by atoms with Crippen LogP contribution in [0.25, 0.3) is 0 Å². The minimum atomic E-state index is -0.700. The highest BCUT2D eigenvalue weighted by Gasteiger charge is 2.28. The summed E-state index contributed by atoms with van der Waals surface area (Å²) in [5.41, 5.74) is 0.195. The molecule has 0 bridgehead atoms. The van der Waals surface area contributed by atoms with E-state index in [1.165, 1.54) is 6.07 Å². The maximum atomic E-state index is 13.6. The normalized spacial score (nSPS) is 17.1. The highest BCUT2D eigenvalue weighted by atomic mass is 79.9. The van der Waals surface area contributed by atoms with E-state index in [0.717, 1.165) is 16.6 Å². The van der Waals surface area contributed by atoms with Crippen molar-refractivity contribution >= 4 is 21.8 Å². The van der Waals surface area contributed by atoms with Gasteiger partial charge in [-0.05, 0) is 33.6 Å². The van der Waals surface area contributed by atoms with Crippen LogP contribution < -0.4 is 4.74 Å². The molecule has 1 aromatic carbocycles. The van der Waals surface area contributed by atoms with Gasteiger partial charge in [-0.15, -0.1) is 0 Å². The van der Waals surface area contributed by atoms with Gasteiger partial charge >= 0.3 is 0 Å². The van der Waals surface area contributed by atoms with Crippen molar-refractivity contribution in [3.8, 4) is 5.88 Å². The van der Waals surface area contributed by atoms with Crippen molar-refractivity contribution in [3.63, 3.8) is 0 Å². The number of hydrogen-bond acceptors (Lipinski definition) is 3. The van der Waals surface area contributed by atoms with Crippen molar-refractivity contribution < 1.29 is 18.3 Å². The molecular weight excluding hydrogens is 382 g/mol. The highest BCUT2D eigenvalue weighted by molar-refractivity contribution is 9.10. The van der Waals surface area contributed by atoms with Gasteiger partial charge in [0, 0.05) is 35.8 Å². The molecule has 0 spiro atoms. The van der Waals surface area contributed by atoms with Crippen molar-refractivity contribution in [1.29, 1.82) is 0 Å². The number of ether oxygens (including phenoxy) is 1. The summed E-state index contributed by atoms with van der Waals surface area (Å²) in [6, 6.07) is 6.83. The Morgan fingerprint density at radius 1 is 1.33 bits per heavy atom. The highest BCUT2D eigenvalue weighted by Crippen LogP contribution is 2.19. The van der Waals surface area contributed by atoms with E-state index in [4.69, 9.17) is 4.74 Å². The predicted molar refractivity (Wildman–Crippen MR) is 87.6 cm³/mol. The number of likely N-dealkylation sites (tertiary alicyclic amines) is 1. The molecule has 1 aliphatic heterocycles. The Bertz CT molecular complexity index is 740. The van der Waals surface area contributed by atoms with Crippen LogP contribution in [0.3, 0.4) is 0 Å². The van der Waals surface area contributed by atoms with E-state index in [-0.39, 0.29) is 24.0 Å². The second kappa shape index (κ2) is 7.25. The fraction of sp³-hybridized carbons (Fsp3) is 0.294. The standard InChI is InChI=1S/C17H15BrF2N2O2/c18-12-2-4-16(21-9-12)24-14-5-6-22(10-14)17(23)7-11-1-3-13(19)8-15(11)20/h1-4,8-9,14H,5-7,10H2. The molecular formula is C17H15BrF2N2O2. The average Bonchev–Trinajstić information content (AvgIpc) is 3.01. The van der Waals surface area contributed by atoms with Crippen molar-refractivity contribution in [3.05, 3.63) is 58.2 Å². The Hall–Kier alpha value is -2.02. The van der Waals surface area contributed by atoms with E-state index < -0.39 is 11.6 Å². The molecule has 1 atom stereocenters. The first-order valence-corrected chi connectivity index (χ1v) is 8.30. The minimum absolute atomic E-state index is 0.0879. The summed E-state index contributed by atoms with van der Waals surface area (Å²) in [5, 5.41) is 0. The lowest BCUT2D eigenvalue weighted by atomic mass is 10.1. The first kappa shape index (κ1) is 16.8. The molecule has 7 heteroatoms. The van der Waals surface area contributed by atoms with Gasteiger partial charge < -0.3 is 9.64 Å². The lowest BCUT2D eigenvalue weighted by Crippen LogP contribution is -2.32. The van der Waals surface area contributed by atoms with Crippen LogP contribution in [0.1, 0.15) is 12.0 Å². The van der Waals surface area contributed by atoms with Crippen LogP contribution in [0, 0.1) is 11.6 Å². The van der Waals surface area contributed by atoms with Gasteiger partial charge in [0.25, 0.3) is 0 Å². The molecule has 0 N–H and O–H groups in total. The first-order chi connectivity index (χ1) is 11.5. The maximum absolute atomic E-state index is 13.6. The molecule has 1 fully saturated rings.